The van der Waals surface area contributed by atoms with E-state index in [2.05, 4.69) is 0 Å². The molecule has 0 saturated heterocycles. The van der Waals surface area contributed by atoms with Crippen molar-refractivity contribution < 1.29 is 4.79 Å². The van der Waals surface area contributed by atoms with Crippen molar-refractivity contribution in [1.82, 2.24) is 4.81 Å². The third-order valence-electron chi connectivity index (χ3n) is 1.82. The summed E-state index contributed by atoms with van der Waals surface area (Å²) < 4.78 is 0. The van der Waals surface area contributed by atoms with Gasteiger partial charge in [0.05, 0.1) is 6.19 Å². The van der Waals surface area contributed by atoms with Gasteiger partial charge in [-0.15, -0.1) is 0 Å². The van der Waals surface area contributed by atoms with Crippen molar-refractivity contribution >= 4 is 19.3 Å². The van der Waals surface area contributed by atoms with Gasteiger partial charge in [0.1, 0.15) is 0 Å². The minimum atomic E-state index is 0.463. The monoisotopic (exact) mass is 176 g/mol. The van der Waals surface area contributed by atoms with Gasteiger partial charge in [-0.1, -0.05) is 12.1 Å². The molecule has 68 valence electrons. The molecule has 0 amide bonds. The number of carbonyl (C=O) groups is 1. The predicted molar refractivity (Wildman–Crippen MR) is 56.2 cm³/mol. The Bertz CT molecular complexity index is 273. The fourth-order valence-corrected chi connectivity index (χ4v) is 1.13. The van der Waals surface area contributed by atoms with E-state index >= 15 is 0 Å². The minimum Gasteiger partial charge on any atom is -0.399 e. The molecule has 0 radical (unpaired) electrons. The zero-order chi connectivity index (χ0) is 9.68. The number of nitrogens with zero attached hydrogens (tertiary/aromatic N) is 1. The highest BCUT2D eigenvalue weighted by Gasteiger charge is 1.99. The number of nitrogen functional groups attached to an aromatic ring is 1. The highest BCUT2D eigenvalue weighted by molar-refractivity contribution is 6.64. The second kappa shape index (κ2) is 4.67. The lowest BCUT2D eigenvalue weighted by Crippen LogP contribution is -2.23. The first-order chi connectivity index (χ1) is 6.22. The average molecular weight is 176 g/mol. The summed E-state index contributed by atoms with van der Waals surface area (Å²) in [5.41, 5.74) is 7.48. The van der Waals surface area contributed by atoms with E-state index in [9.17, 15) is 4.79 Å². The summed E-state index contributed by atoms with van der Waals surface area (Å²) in [5.74, 6) is 0. The summed E-state index contributed by atoms with van der Waals surface area (Å²) in [4.78, 5) is 12.1. The number of anilines is 1. The van der Waals surface area contributed by atoms with Crippen LogP contribution in [0.2, 0.25) is 0 Å². The maximum Gasteiger partial charge on any atom is 0.281 e. The van der Waals surface area contributed by atoms with Crippen molar-refractivity contribution in [3.05, 3.63) is 29.8 Å². The first-order valence-electron chi connectivity index (χ1n) is 4.19. The highest BCUT2D eigenvalue weighted by Crippen LogP contribution is 2.06. The summed E-state index contributed by atoms with van der Waals surface area (Å²) in [5, 5.41) is 0. The van der Waals surface area contributed by atoms with Gasteiger partial charge < -0.3 is 15.3 Å². The minimum absolute atomic E-state index is 0.463. The molecule has 2 N–H and O–H groups in total. The van der Waals surface area contributed by atoms with E-state index in [1.54, 1.807) is 0 Å². The fraction of sp³-hybridized carbons (Fsp3) is 0.222. The van der Waals surface area contributed by atoms with Crippen LogP contribution in [-0.2, 0) is 11.3 Å². The van der Waals surface area contributed by atoms with E-state index in [1.165, 1.54) is 5.56 Å². The molecule has 0 fully saturated rings. The van der Waals surface area contributed by atoms with Crippen LogP contribution in [0.3, 0.4) is 0 Å². The van der Waals surface area contributed by atoms with Crippen LogP contribution < -0.4 is 5.73 Å². The molecule has 1 rings (SSSR count). The Morgan fingerprint density at radius 1 is 1.46 bits per heavy atom. The Kier molecular flexibility index (Phi) is 3.52. The van der Waals surface area contributed by atoms with Crippen LogP contribution in [0.1, 0.15) is 5.56 Å². The standard InChI is InChI=1S/C9H13BN2O/c1-12(10-7-13)6-8-2-4-9(11)5-3-8/h2-5,7,10H,6,11H2,1H3. The molecule has 0 saturated carbocycles. The topological polar surface area (TPSA) is 46.3 Å². The number of hydrogen-bond donors (Lipinski definition) is 1. The normalized spacial score (nSPS) is 10.0. The number of rotatable bonds is 4. The summed E-state index contributed by atoms with van der Waals surface area (Å²) >= 11 is 0. The van der Waals surface area contributed by atoms with Crippen molar-refractivity contribution in [3.8, 4) is 0 Å². The van der Waals surface area contributed by atoms with Crippen molar-refractivity contribution in [1.29, 1.82) is 0 Å². The van der Waals surface area contributed by atoms with Crippen LogP contribution in [0.4, 0.5) is 5.69 Å². The largest absolute Gasteiger partial charge is 0.399 e. The summed E-state index contributed by atoms with van der Waals surface area (Å²) in [6.45, 7) is 0.777. The van der Waals surface area contributed by atoms with Gasteiger partial charge in [0, 0.05) is 12.2 Å². The molecule has 0 heterocycles. The molecule has 1 aromatic carbocycles. The third kappa shape index (κ3) is 3.30. The van der Waals surface area contributed by atoms with Crippen LogP contribution in [-0.4, -0.2) is 25.5 Å². The quantitative estimate of drug-likeness (QED) is 0.406. The molecule has 3 nitrogen and oxygen atoms in total. The second-order valence-corrected chi connectivity index (χ2v) is 3.10. The molecule has 0 bridgehead atoms. The van der Waals surface area contributed by atoms with Crippen molar-refractivity contribution in [2.75, 3.05) is 12.8 Å². The van der Waals surface area contributed by atoms with Gasteiger partial charge in [-0.25, -0.2) is 0 Å². The third-order valence-corrected chi connectivity index (χ3v) is 1.82. The Morgan fingerprint density at radius 3 is 2.62 bits per heavy atom. The van der Waals surface area contributed by atoms with Crippen LogP contribution in [0.15, 0.2) is 24.3 Å². The Labute approximate surface area is 78.8 Å². The van der Waals surface area contributed by atoms with E-state index in [1.807, 2.05) is 36.1 Å². The molecular formula is C9H13BN2O. The zero-order valence-electron chi connectivity index (χ0n) is 7.73. The van der Waals surface area contributed by atoms with Gasteiger partial charge in [-0.3, -0.25) is 0 Å². The molecule has 0 aliphatic carbocycles. The first-order valence-corrected chi connectivity index (χ1v) is 4.19. The van der Waals surface area contributed by atoms with Crippen molar-refractivity contribution in [2.45, 2.75) is 6.54 Å². The van der Waals surface area contributed by atoms with Crippen LogP contribution in [0.5, 0.6) is 0 Å². The molecule has 0 unspecified atom stereocenters. The van der Waals surface area contributed by atoms with Crippen LogP contribution >= 0.6 is 0 Å². The lowest BCUT2D eigenvalue weighted by molar-refractivity contribution is 0.526. The summed E-state index contributed by atoms with van der Waals surface area (Å²) in [7, 11) is 2.37. The van der Waals surface area contributed by atoms with Gasteiger partial charge in [0.25, 0.3) is 7.41 Å². The molecule has 0 aliphatic rings. The Balaban J connectivity index is 2.53. The lowest BCUT2D eigenvalue weighted by Gasteiger charge is -2.12. The summed E-state index contributed by atoms with van der Waals surface area (Å²) in [6.07, 6.45) is 0.900. The molecule has 0 aromatic heterocycles. The number of hydrogen-bond acceptors (Lipinski definition) is 3. The smallest absolute Gasteiger partial charge is 0.281 e. The Hall–Kier alpha value is -1.29. The van der Waals surface area contributed by atoms with E-state index in [-0.39, 0.29) is 0 Å². The molecule has 0 aliphatic heterocycles. The van der Waals surface area contributed by atoms with Gasteiger partial charge in [0.2, 0.25) is 0 Å². The van der Waals surface area contributed by atoms with E-state index in [0.717, 1.165) is 18.4 Å². The van der Waals surface area contributed by atoms with E-state index < -0.39 is 0 Å². The van der Waals surface area contributed by atoms with Gasteiger partial charge in [-0.05, 0) is 24.7 Å². The maximum atomic E-state index is 10.2. The van der Waals surface area contributed by atoms with Crippen LogP contribution in [0, 0.1) is 0 Å². The molecular weight excluding hydrogens is 163 g/mol. The number of benzene rings is 1. The molecule has 13 heavy (non-hydrogen) atoms. The zero-order valence-corrected chi connectivity index (χ0v) is 7.73. The molecule has 0 atom stereocenters. The van der Waals surface area contributed by atoms with Crippen molar-refractivity contribution in [2.24, 2.45) is 0 Å². The van der Waals surface area contributed by atoms with Gasteiger partial charge in [0.15, 0.2) is 0 Å². The number of nitrogens with two attached hydrogens (primary N) is 1. The molecule has 1 aromatic rings. The van der Waals surface area contributed by atoms with Gasteiger partial charge >= 0.3 is 0 Å². The van der Waals surface area contributed by atoms with Crippen LogP contribution in [0.25, 0.3) is 0 Å². The van der Waals surface area contributed by atoms with E-state index in [0.29, 0.717) is 7.41 Å². The number of carbonyl (C=O) groups excluding carboxylic acids is 1. The van der Waals surface area contributed by atoms with Crippen molar-refractivity contribution in [3.63, 3.8) is 0 Å². The van der Waals surface area contributed by atoms with E-state index in [4.69, 9.17) is 5.73 Å². The maximum absolute atomic E-state index is 10.2. The average Bonchev–Trinajstić information content (AvgIpc) is 2.09. The van der Waals surface area contributed by atoms with Gasteiger partial charge in [-0.2, -0.15) is 0 Å². The SMILES string of the molecule is CN(BC=O)Cc1ccc(N)cc1. The first kappa shape index (κ1) is 9.80. The molecule has 4 heteroatoms. The summed E-state index contributed by atoms with van der Waals surface area (Å²) in [6, 6.07) is 7.67. The Morgan fingerprint density at radius 2 is 2.08 bits per heavy atom. The lowest BCUT2D eigenvalue weighted by atomic mass is 9.95. The molecule has 0 spiro atoms. The highest BCUT2D eigenvalue weighted by atomic mass is 16.1. The predicted octanol–water partition coefficient (Wildman–Crippen LogP) is 0.242. The second-order valence-electron chi connectivity index (χ2n) is 3.10. The fourth-order valence-electron chi connectivity index (χ4n) is 1.13.